The van der Waals surface area contributed by atoms with E-state index in [1.807, 2.05) is 19.6 Å². The highest BCUT2D eigenvalue weighted by Crippen LogP contribution is 2.65. The summed E-state index contributed by atoms with van der Waals surface area (Å²) in [5.74, 6) is 0. The molecular formula is C3H9Cl3NPSi. The summed E-state index contributed by atoms with van der Waals surface area (Å²) < 4.78 is 4.09. The molecule has 0 unspecified atom stereocenters. The van der Waals surface area contributed by atoms with E-state index in [1.54, 1.807) is 0 Å². The predicted molar refractivity (Wildman–Crippen MR) is 50.3 cm³/mol. The van der Waals surface area contributed by atoms with Gasteiger partial charge in [0.25, 0.3) is 0 Å². The van der Waals surface area contributed by atoms with Gasteiger partial charge in [-0.15, -0.1) is 0 Å². The third kappa shape index (κ3) is 9.32. The molecule has 0 aromatic carbocycles. The van der Waals surface area contributed by atoms with Gasteiger partial charge in [-0.1, -0.05) is 0 Å². The van der Waals surface area contributed by atoms with Crippen LogP contribution in [-0.4, -0.2) is 8.24 Å². The summed E-state index contributed by atoms with van der Waals surface area (Å²) in [6, 6.07) is 0. The fourth-order valence-electron chi connectivity index (χ4n) is 0.340. The van der Waals surface area contributed by atoms with Gasteiger partial charge in [-0.25, -0.2) is 0 Å². The third-order valence-electron chi connectivity index (χ3n) is 0.413. The fraction of sp³-hybridized carbons (Fsp3) is 1.00. The molecule has 0 aliphatic carbocycles. The van der Waals surface area contributed by atoms with Gasteiger partial charge in [0, 0.05) is 0 Å². The van der Waals surface area contributed by atoms with Crippen LogP contribution >= 0.6 is 38.8 Å². The van der Waals surface area contributed by atoms with Crippen molar-refractivity contribution in [2.24, 2.45) is 4.41 Å². The molecule has 0 heterocycles. The molecule has 0 fully saturated rings. The molecule has 0 aliphatic rings. The first-order chi connectivity index (χ1) is 3.71. The topological polar surface area (TPSA) is 12.4 Å². The van der Waals surface area contributed by atoms with Gasteiger partial charge in [0.15, 0.2) is 8.24 Å². The summed E-state index contributed by atoms with van der Waals surface area (Å²) in [7, 11) is -1.51. The first-order valence-corrected chi connectivity index (χ1v) is 10.3. The maximum atomic E-state index is 5.53. The average Bonchev–Trinajstić information content (AvgIpc) is 1.14. The highest BCUT2D eigenvalue weighted by molar-refractivity contribution is 8.26. The van der Waals surface area contributed by atoms with Gasteiger partial charge in [-0.3, -0.25) is 4.41 Å². The van der Waals surface area contributed by atoms with Crippen LogP contribution in [0.1, 0.15) is 0 Å². The summed E-state index contributed by atoms with van der Waals surface area (Å²) in [5.41, 5.74) is 0. The van der Waals surface area contributed by atoms with Crippen molar-refractivity contribution in [1.82, 2.24) is 0 Å². The van der Waals surface area contributed by atoms with Crippen molar-refractivity contribution < 1.29 is 0 Å². The number of hydrogen-bond donors (Lipinski definition) is 0. The van der Waals surface area contributed by atoms with Crippen LogP contribution in [0.4, 0.5) is 0 Å². The van der Waals surface area contributed by atoms with Crippen molar-refractivity contribution in [3.63, 3.8) is 0 Å². The molecule has 0 saturated carbocycles. The van der Waals surface area contributed by atoms with Gasteiger partial charge >= 0.3 is 0 Å². The van der Waals surface area contributed by atoms with Gasteiger partial charge < -0.3 is 0 Å². The lowest BCUT2D eigenvalue weighted by molar-refractivity contribution is 1.61. The lowest BCUT2D eigenvalue weighted by atomic mass is 11.8. The quantitative estimate of drug-likeness (QED) is 0.460. The van der Waals surface area contributed by atoms with Crippen LogP contribution in [0.15, 0.2) is 4.41 Å². The molecule has 9 heavy (non-hydrogen) atoms. The molecule has 0 N–H and O–H groups in total. The van der Waals surface area contributed by atoms with Crippen LogP contribution in [0.3, 0.4) is 0 Å². The van der Waals surface area contributed by atoms with Gasteiger partial charge in [-0.2, -0.15) is 0 Å². The molecule has 0 aromatic rings. The zero-order valence-corrected chi connectivity index (χ0v) is 9.69. The van der Waals surface area contributed by atoms with Crippen LogP contribution in [0.25, 0.3) is 0 Å². The Morgan fingerprint density at radius 1 is 1.11 bits per heavy atom. The largest absolute Gasteiger partial charge is 0.300 e. The van der Waals surface area contributed by atoms with Crippen LogP contribution in [0.5, 0.6) is 0 Å². The van der Waals surface area contributed by atoms with Gasteiger partial charge in [-0.05, 0) is 53.4 Å². The Bertz CT molecular complexity index is 137. The minimum atomic E-state index is -2.43. The molecule has 0 amide bonds. The molecule has 0 rings (SSSR count). The second-order valence-electron chi connectivity index (χ2n) is 2.69. The van der Waals surface area contributed by atoms with Crippen molar-refractivity contribution >= 4 is 47.1 Å². The third-order valence-corrected chi connectivity index (χ3v) is 5.76. The van der Waals surface area contributed by atoms with Crippen LogP contribution in [-0.2, 0) is 0 Å². The normalized spacial score (nSPS) is 13.6. The fourth-order valence-corrected chi connectivity index (χ4v) is 9.18. The van der Waals surface area contributed by atoms with Crippen molar-refractivity contribution in [3.8, 4) is 0 Å². The smallest absolute Gasteiger partial charge is 0.215 e. The molecule has 0 radical (unpaired) electrons. The molecule has 1 nitrogen and oxygen atoms in total. The van der Waals surface area contributed by atoms with E-state index in [2.05, 4.69) is 4.41 Å². The molecule has 0 saturated heterocycles. The predicted octanol–water partition coefficient (Wildman–Crippen LogP) is 4.48. The van der Waals surface area contributed by atoms with Crippen LogP contribution < -0.4 is 0 Å². The summed E-state index contributed by atoms with van der Waals surface area (Å²) in [4.78, 5) is 0. The first-order valence-electron chi connectivity index (χ1n) is 2.43. The van der Waals surface area contributed by atoms with Gasteiger partial charge in [0.1, 0.15) is 0 Å². The van der Waals surface area contributed by atoms with E-state index in [1.165, 1.54) is 0 Å². The van der Waals surface area contributed by atoms with E-state index in [-0.39, 0.29) is 0 Å². The Hall–Kier alpha value is 1.32. The SMILES string of the molecule is C[Si](C)(C)N=P(Cl)(Cl)Cl. The minimum absolute atomic E-state index is 1.51. The standard InChI is InChI=1S/C3H9Cl3NPSi/c1-9(2,3)7-8(4,5)6/h1-3H3. The molecule has 56 valence electrons. The van der Waals surface area contributed by atoms with E-state index in [0.29, 0.717) is 0 Å². The Balaban J connectivity index is 4.32. The van der Waals surface area contributed by atoms with Crippen LogP contribution in [0.2, 0.25) is 19.6 Å². The molecule has 0 bridgehead atoms. The van der Waals surface area contributed by atoms with E-state index < -0.39 is 13.3 Å². The number of nitrogens with zero attached hydrogens (tertiary/aromatic N) is 1. The second-order valence-corrected chi connectivity index (χ2v) is 14.6. The van der Waals surface area contributed by atoms with Crippen molar-refractivity contribution in [2.45, 2.75) is 19.6 Å². The van der Waals surface area contributed by atoms with Gasteiger partial charge in [0.05, 0.1) is 0 Å². The highest BCUT2D eigenvalue weighted by atomic mass is 36.0. The zero-order chi connectivity index (χ0) is 7.71. The number of hydrogen-bond acceptors (Lipinski definition) is 1. The molecular weight excluding hydrogens is 215 g/mol. The Morgan fingerprint density at radius 3 is 1.44 bits per heavy atom. The van der Waals surface area contributed by atoms with Crippen LogP contribution in [0, 0.1) is 0 Å². The average molecular weight is 225 g/mol. The van der Waals surface area contributed by atoms with E-state index in [4.69, 9.17) is 33.7 Å². The first kappa shape index (κ1) is 10.3. The minimum Gasteiger partial charge on any atom is -0.300 e. The molecule has 0 aliphatic heterocycles. The summed E-state index contributed by atoms with van der Waals surface area (Å²) >= 11 is 16.6. The maximum Gasteiger partial charge on any atom is 0.215 e. The lowest BCUT2D eigenvalue weighted by Gasteiger charge is -2.10. The van der Waals surface area contributed by atoms with Crippen molar-refractivity contribution in [3.05, 3.63) is 0 Å². The number of rotatable bonds is 1. The highest BCUT2D eigenvalue weighted by Gasteiger charge is 2.16. The monoisotopic (exact) mass is 223 g/mol. The Kier molecular flexibility index (Phi) is 3.60. The molecule has 6 heteroatoms. The summed E-state index contributed by atoms with van der Waals surface area (Å²) in [6.07, 6.45) is 0. The van der Waals surface area contributed by atoms with Crippen molar-refractivity contribution in [2.75, 3.05) is 0 Å². The zero-order valence-electron chi connectivity index (χ0n) is 5.53. The summed E-state index contributed by atoms with van der Waals surface area (Å²) in [6.45, 7) is 6.11. The Labute approximate surface area is 71.2 Å². The Morgan fingerprint density at radius 2 is 1.44 bits per heavy atom. The lowest BCUT2D eigenvalue weighted by Crippen LogP contribution is -2.14. The van der Waals surface area contributed by atoms with E-state index in [0.717, 1.165) is 0 Å². The maximum absolute atomic E-state index is 5.53. The van der Waals surface area contributed by atoms with E-state index in [9.17, 15) is 0 Å². The van der Waals surface area contributed by atoms with E-state index >= 15 is 0 Å². The molecule has 0 spiro atoms. The van der Waals surface area contributed by atoms with Gasteiger partial charge in [0.2, 0.25) is 5.11 Å². The molecule has 0 atom stereocenters. The second kappa shape index (κ2) is 3.14. The van der Waals surface area contributed by atoms with Crippen molar-refractivity contribution in [1.29, 1.82) is 0 Å². The molecule has 0 aromatic heterocycles. The number of halogens is 3. The summed E-state index contributed by atoms with van der Waals surface area (Å²) in [5, 5.41) is -2.43.